The van der Waals surface area contributed by atoms with Crippen molar-refractivity contribution in [2.75, 3.05) is 0 Å². The van der Waals surface area contributed by atoms with E-state index >= 15 is 0 Å². The molecule has 2 heteroatoms. The summed E-state index contributed by atoms with van der Waals surface area (Å²) in [6.45, 7) is 12.1. The fraction of sp³-hybridized carbons (Fsp3) is 0.200. The van der Waals surface area contributed by atoms with Gasteiger partial charge in [-0.3, -0.25) is 0 Å². The van der Waals surface area contributed by atoms with E-state index in [4.69, 9.17) is 9.84 Å². The SMILES string of the molecule is C=CC/C=C(/C)OC(=C)C(=C)O. The molecule has 0 aromatic carbocycles. The molecule has 0 aromatic rings. The first kappa shape index (κ1) is 10.6. The van der Waals surface area contributed by atoms with Gasteiger partial charge in [0.15, 0.2) is 5.76 Å². The van der Waals surface area contributed by atoms with E-state index in [9.17, 15) is 0 Å². The third-order valence-corrected chi connectivity index (χ3v) is 1.18. The fourth-order valence-electron chi connectivity index (χ4n) is 0.544. The van der Waals surface area contributed by atoms with Gasteiger partial charge in [0.25, 0.3) is 0 Å². The molecule has 0 rings (SSSR count). The first-order valence-corrected chi connectivity index (χ1v) is 3.60. The molecule has 0 heterocycles. The van der Waals surface area contributed by atoms with E-state index in [1.807, 2.05) is 6.08 Å². The smallest absolute Gasteiger partial charge is 0.160 e. The number of allylic oxidation sites excluding steroid dienone is 3. The van der Waals surface area contributed by atoms with Crippen LogP contribution < -0.4 is 0 Å². The predicted molar refractivity (Wildman–Crippen MR) is 50.6 cm³/mol. The van der Waals surface area contributed by atoms with Crippen molar-refractivity contribution in [2.45, 2.75) is 13.3 Å². The third kappa shape index (κ3) is 4.39. The van der Waals surface area contributed by atoms with Crippen molar-refractivity contribution >= 4 is 0 Å². The van der Waals surface area contributed by atoms with Gasteiger partial charge >= 0.3 is 0 Å². The van der Waals surface area contributed by atoms with Crippen molar-refractivity contribution in [1.29, 1.82) is 0 Å². The summed E-state index contributed by atoms with van der Waals surface area (Å²) in [7, 11) is 0. The first-order chi connectivity index (χ1) is 5.57. The Balaban J connectivity index is 3.99. The van der Waals surface area contributed by atoms with Gasteiger partial charge in [-0.25, -0.2) is 0 Å². The Morgan fingerprint density at radius 2 is 2.08 bits per heavy atom. The van der Waals surface area contributed by atoms with Crippen molar-refractivity contribution < 1.29 is 9.84 Å². The standard InChI is InChI=1S/C10H14O2/c1-5-6-7-8(2)12-10(4)9(3)11/h5,7,11H,1,3-4,6H2,2H3/b8-7-. The van der Waals surface area contributed by atoms with Crippen molar-refractivity contribution in [1.82, 2.24) is 0 Å². The minimum absolute atomic E-state index is 0.152. The summed E-state index contributed by atoms with van der Waals surface area (Å²) >= 11 is 0. The lowest BCUT2D eigenvalue weighted by atomic mass is 10.3. The summed E-state index contributed by atoms with van der Waals surface area (Å²) in [5.41, 5.74) is 0. The van der Waals surface area contributed by atoms with E-state index in [0.717, 1.165) is 6.42 Å². The molecule has 0 aliphatic heterocycles. The largest absolute Gasteiger partial charge is 0.505 e. The Hall–Kier alpha value is -1.44. The van der Waals surface area contributed by atoms with Gasteiger partial charge in [0, 0.05) is 0 Å². The summed E-state index contributed by atoms with van der Waals surface area (Å²) < 4.78 is 5.08. The van der Waals surface area contributed by atoms with Crippen LogP contribution in [0.15, 0.2) is 49.2 Å². The average molecular weight is 166 g/mol. The molecule has 0 spiro atoms. The molecule has 0 fully saturated rings. The summed E-state index contributed by atoms with van der Waals surface area (Å²) in [4.78, 5) is 0. The number of aliphatic hydroxyl groups excluding tert-OH is 1. The van der Waals surface area contributed by atoms with Crippen molar-refractivity contribution in [3.63, 3.8) is 0 Å². The number of aliphatic hydroxyl groups is 1. The van der Waals surface area contributed by atoms with Crippen LogP contribution in [0.5, 0.6) is 0 Å². The Labute approximate surface area is 73.2 Å². The zero-order valence-corrected chi connectivity index (χ0v) is 7.34. The summed E-state index contributed by atoms with van der Waals surface area (Å²) in [5, 5.41) is 8.83. The third-order valence-electron chi connectivity index (χ3n) is 1.18. The minimum Gasteiger partial charge on any atom is -0.505 e. The topological polar surface area (TPSA) is 29.5 Å². The van der Waals surface area contributed by atoms with Crippen LogP contribution in [0.2, 0.25) is 0 Å². The Bertz CT molecular complexity index is 224. The van der Waals surface area contributed by atoms with E-state index in [1.54, 1.807) is 13.0 Å². The molecule has 1 N–H and O–H groups in total. The van der Waals surface area contributed by atoms with Crippen LogP contribution in [0.3, 0.4) is 0 Å². The summed E-state index contributed by atoms with van der Waals surface area (Å²) in [6.07, 6.45) is 4.32. The maximum Gasteiger partial charge on any atom is 0.160 e. The molecule has 0 atom stereocenters. The van der Waals surface area contributed by atoms with E-state index in [0.29, 0.717) is 5.76 Å². The highest BCUT2D eigenvalue weighted by atomic mass is 16.5. The van der Waals surface area contributed by atoms with Crippen LogP contribution in [0, 0.1) is 0 Å². The molecule has 0 aromatic heterocycles. The lowest BCUT2D eigenvalue weighted by molar-refractivity contribution is 0.270. The zero-order valence-electron chi connectivity index (χ0n) is 7.34. The second-order valence-corrected chi connectivity index (χ2v) is 2.31. The van der Waals surface area contributed by atoms with Gasteiger partial charge < -0.3 is 9.84 Å². The van der Waals surface area contributed by atoms with Crippen molar-refractivity contribution in [3.05, 3.63) is 49.2 Å². The molecule has 0 radical (unpaired) electrons. The lowest BCUT2D eigenvalue weighted by Crippen LogP contribution is -1.91. The average Bonchev–Trinajstić information content (AvgIpc) is 2.00. The number of rotatable bonds is 5. The Morgan fingerprint density at radius 3 is 2.50 bits per heavy atom. The van der Waals surface area contributed by atoms with Crippen LogP contribution in [0.25, 0.3) is 0 Å². The first-order valence-electron chi connectivity index (χ1n) is 3.60. The number of hydrogen-bond acceptors (Lipinski definition) is 2. The molecule has 2 nitrogen and oxygen atoms in total. The minimum atomic E-state index is -0.152. The van der Waals surface area contributed by atoms with Gasteiger partial charge in [-0.05, 0) is 19.4 Å². The van der Waals surface area contributed by atoms with Crippen LogP contribution in [0.4, 0.5) is 0 Å². The van der Waals surface area contributed by atoms with Gasteiger partial charge in [0.05, 0.1) is 5.76 Å². The van der Waals surface area contributed by atoms with Crippen LogP contribution >= 0.6 is 0 Å². The highest BCUT2D eigenvalue weighted by Crippen LogP contribution is 2.09. The van der Waals surface area contributed by atoms with E-state index in [1.165, 1.54) is 0 Å². The summed E-state index contributed by atoms with van der Waals surface area (Å²) in [5.74, 6) is 0.698. The molecule has 0 aliphatic carbocycles. The van der Waals surface area contributed by atoms with Crippen molar-refractivity contribution in [3.8, 4) is 0 Å². The molecule has 0 unspecified atom stereocenters. The molecule has 12 heavy (non-hydrogen) atoms. The highest BCUT2D eigenvalue weighted by molar-refractivity contribution is 5.13. The Morgan fingerprint density at radius 1 is 1.50 bits per heavy atom. The molecule has 0 saturated carbocycles. The number of hydrogen-bond donors (Lipinski definition) is 1. The molecule has 0 amide bonds. The molecule has 0 bridgehead atoms. The predicted octanol–water partition coefficient (Wildman–Crippen LogP) is 3.07. The van der Waals surface area contributed by atoms with Gasteiger partial charge in [0.2, 0.25) is 0 Å². The second-order valence-electron chi connectivity index (χ2n) is 2.31. The van der Waals surface area contributed by atoms with Crippen LogP contribution in [0.1, 0.15) is 13.3 Å². The molecule has 0 saturated heterocycles. The quantitative estimate of drug-likeness (QED) is 0.386. The highest BCUT2D eigenvalue weighted by Gasteiger charge is 1.98. The monoisotopic (exact) mass is 166 g/mol. The Kier molecular flexibility index (Phi) is 4.61. The molecular formula is C10H14O2. The van der Waals surface area contributed by atoms with E-state index < -0.39 is 0 Å². The van der Waals surface area contributed by atoms with Gasteiger partial charge in [-0.1, -0.05) is 19.2 Å². The zero-order chi connectivity index (χ0) is 9.56. The van der Waals surface area contributed by atoms with Gasteiger partial charge in [-0.15, -0.1) is 6.58 Å². The van der Waals surface area contributed by atoms with E-state index in [2.05, 4.69) is 19.7 Å². The van der Waals surface area contributed by atoms with Gasteiger partial charge in [0.1, 0.15) is 5.76 Å². The molecular weight excluding hydrogens is 152 g/mol. The number of ether oxygens (including phenoxy) is 1. The van der Waals surface area contributed by atoms with E-state index in [-0.39, 0.29) is 11.5 Å². The maximum absolute atomic E-state index is 8.83. The van der Waals surface area contributed by atoms with Crippen LogP contribution in [-0.2, 0) is 4.74 Å². The fourth-order valence-corrected chi connectivity index (χ4v) is 0.544. The molecule has 66 valence electrons. The lowest BCUT2D eigenvalue weighted by Gasteiger charge is -2.06. The van der Waals surface area contributed by atoms with Crippen LogP contribution in [-0.4, -0.2) is 5.11 Å². The summed E-state index contributed by atoms with van der Waals surface area (Å²) in [6, 6.07) is 0. The molecule has 0 aliphatic rings. The second kappa shape index (κ2) is 5.24. The normalized spacial score (nSPS) is 10.6. The van der Waals surface area contributed by atoms with Crippen molar-refractivity contribution in [2.24, 2.45) is 0 Å². The van der Waals surface area contributed by atoms with Gasteiger partial charge in [-0.2, -0.15) is 0 Å². The maximum atomic E-state index is 8.83.